The Labute approximate surface area is 115 Å². The summed E-state index contributed by atoms with van der Waals surface area (Å²) < 4.78 is 4.97. The van der Waals surface area contributed by atoms with Crippen LogP contribution in [0.1, 0.15) is 25.3 Å². The smallest absolute Gasteiger partial charge is 0.222 e. The minimum absolute atomic E-state index is 0.0949. The van der Waals surface area contributed by atoms with Crippen molar-refractivity contribution in [1.29, 1.82) is 0 Å². The Hall–Kier alpha value is -1.55. The van der Waals surface area contributed by atoms with Gasteiger partial charge in [0.25, 0.3) is 0 Å². The van der Waals surface area contributed by atoms with E-state index in [-0.39, 0.29) is 18.6 Å². The molecule has 0 spiro atoms. The van der Waals surface area contributed by atoms with Crippen LogP contribution < -0.4 is 4.74 Å². The number of methoxy groups -OCH3 is 1. The van der Waals surface area contributed by atoms with E-state index in [4.69, 9.17) is 9.84 Å². The van der Waals surface area contributed by atoms with Crippen molar-refractivity contribution in [3.05, 3.63) is 29.8 Å². The predicted molar refractivity (Wildman–Crippen MR) is 75.2 cm³/mol. The predicted octanol–water partition coefficient (Wildman–Crippen LogP) is 1.99. The summed E-state index contributed by atoms with van der Waals surface area (Å²) in [6.07, 6.45) is 1.43. The number of nitrogens with zero attached hydrogens (tertiary/aromatic N) is 1. The van der Waals surface area contributed by atoms with Crippen LogP contribution in [0, 0.1) is 6.92 Å². The number of rotatable bonds is 3. The van der Waals surface area contributed by atoms with Crippen molar-refractivity contribution in [3.63, 3.8) is 0 Å². The molecule has 1 aromatic carbocycles. The molecule has 4 heteroatoms. The van der Waals surface area contributed by atoms with E-state index in [9.17, 15) is 4.79 Å². The van der Waals surface area contributed by atoms with Crippen LogP contribution in [-0.4, -0.2) is 42.2 Å². The molecule has 0 aliphatic carbocycles. The fourth-order valence-electron chi connectivity index (χ4n) is 2.09. The zero-order valence-corrected chi connectivity index (χ0v) is 11.9. The molecule has 1 amide bonds. The maximum absolute atomic E-state index is 11.0. The van der Waals surface area contributed by atoms with E-state index in [0.717, 1.165) is 18.7 Å². The number of carbonyl (C=O) groups excluding carboxylic acids is 1. The zero-order valence-electron chi connectivity index (χ0n) is 11.9. The highest BCUT2D eigenvalue weighted by Crippen LogP contribution is 2.16. The molecule has 0 aromatic heterocycles. The van der Waals surface area contributed by atoms with Gasteiger partial charge in [-0.25, -0.2) is 0 Å². The minimum Gasteiger partial charge on any atom is -0.497 e. The van der Waals surface area contributed by atoms with Gasteiger partial charge in [0.1, 0.15) is 5.75 Å². The number of carbonyl (C=O) groups is 1. The van der Waals surface area contributed by atoms with Crippen molar-refractivity contribution < 1.29 is 14.6 Å². The average Bonchev–Trinajstić information content (AvgIpc) is 2.80. The average molecular weight is 265 g/mol. The highest BCUT2D eigenvalue weighted by molar-refractivity contribution is 5.78. The number of likely N-dealkylation sites (N-methyl/N-ethyl adjacent to an activating group) is 1. The largest absolute Gasteiger partial charge is 0.497 e. The van der Waals surface area contributed by atoms with Crippen molar-refractivity contribution >= 4 is 5.91 Å². The molecule has 0 saturated carbocycles. The molecule has 1 heterocycles. The summed E-state index contributed by atoms with van der Waals surface area (Å²) in [6, 6.07) is 8.06. The molecule has 1 saturated heterocycles. The second-order valence-electron chi connectivity index (χ2n) is 4.57. The molecular weight excluding hydrogens is 242 g/mol. The topological polar surface area (TPSA) is 49.8 Å². The number of ether oxygens (including phenoxy) is 1. The second kappa shape index (κ2) is 7.79. The monoisotopic (exact) mass is 265 g/mol. The summed E-state index contributed by atoms with van der Waals surface area (Å²) in [5.41, 5.74) is 1.26. The highest BCUT2D eigenvalue weighted by atomic mass is 16.5. The molecule has 1 aliphatic heterocycles. The molecule has 1 unspecified atom stereocenters. The first kappa shape index (κ1) is 15.5. The first-order chi connectivity index (χ1) is 9.12. The summed E-state index contributed by atoms with van der Waals surface area (Å²) >= 11 is 0. The lowest BCUT2D eigenvalue weighted by Gasteiger charge is -2.20. The van der Waals surface area contributed by atoms with Crippen molar-refractivity contribution in [3.8, 4) is 5.75 Å². The molecule has 1 atom stereocenters. The molecule has 1 N–H and O–H groups in total. The van der Waals surface area contributed by atoms with Crippen molar-refractivity contribution in [1.82, 2.24) is 4.90 Å². The Balaban J connectivity index is 0.000000191. The SMILES string of the molecule is CCN1C(=O)CCC1CO.COc1ccc(C)cc1. The van der Waals surface area contributed by atoms with Crippen LogP contribution >= 0.6 is 0 Å². The number of hydrogen-bond acceptors (Lipinski definition) is 3. The standard InChI is InChI=1S/C8H10O.C7H13NO2/c1-7-3-5-8(9-2)6-4-7;1-2-8-6(5-9)3-4-7(8)10/h3-6H,1-2H3;6,9H,2-5H2,1H3. The summed E-state index contributed by atoms with van der Waals surface area (Å²) in [4.78, 5) is 12.7. The van der Waals surface area contributed by atoms with Gasteiger partial charge in [-0.2, -0.15) is 0 Å². The van der Waals surface area contributed by atoms with Crippen LogP contribution in [0.2, 0.25) is 0 Å². The fraction of sp³-hybridized carbons (Fsp3) is 0.533. The maximum Gasteiger partial charge on any atom is 0.222 e. The van der Waals surface area contributed by atoms with Crippen molar-refractivity contribution in [2.75, 3.05) is 20.3 Å². The Morgan fingerprint density at radius 2 is 2.00 bits per heavy atom. The fourth-order valence-corrected chi connectivity index (χ4v) is 2.09. The number of hydrogen-bond donors (Lipinski definition) is 1. The van der Waals surface area contributed by atoms with E-state index >= 15 is 0 Å². The number of aliphatic hydroxyl groups is 1. The quantitative estimate of drug-likeness (QED) is 0.909. The Kier molecular flexibility index (Phi) is 6.36. The van der Waals surface area contributed by atoms with Crippen LogP contribution in [0.4, 0.5) is 0 Å². The van der Waals surface area contributed by atoms with E-state index in [2.05, 4.69) is 6.92 Å². The van der Waals surface area contributed by atoms with Gasteiger partial charge < -0.3 is 14.7 Å². The normalized spacial score (nSPS) is 18.0. The molecule has 106 valence electrons. The number of likely N-dealkylation sites (tertiary alicyclic amines) is 1. The van der Waals surface area contributed by atoms with Crippen molar-refractivity contribution in [2.45, 2.75) is 32.7 Å². The number of amides is 1. The van der Waals surface area contributed by atoms with E-state index in [0.29, 0.717) is 6.42 Å². The van der Waals surface area contributed by atoms with Crippen LogP contribution in [0.3, 0.4) is 0 Å². The van der Waals surface area contributed by atoms with Crippen molar-refractivity contribution in [2.24, 2.45) is 0 Å². The van der Waals surface area contributed by atoms with Crippen LogP contribution in [0.15, 0.2) is 24.3 Å². The van der Waals surface area contributed by atoms with Crippen LogP contribution in [0.25, 0.3) is 0 Å². The summed E-state index contributed by atoms with van der Waals surface area (Å²) in [7, 11) is 1.67. The second-order valence-corrected chi connectivity index (χ2v) is 4.57. The van der Waals surface area contributed by atoms with Gasteiger partial charge in [-0.3, -0.25) is 4.79 Å². The molecule has 1 aromatic rings. The van der Waals surface area contributed by atoms with Gasteiger partial charge in [-0.15, -0.1) is 0 Å². The molecular formula is C15H23NO3. The zero-order chi connectivity index (χ0) is 14.3. The third-order valence-corrected chi connectivity index (χ3v) is 3.26. The molecule has 0 bridgehead atoms. The number of aliphatic hydroxyl groups excluding tert-OH is 1. The van der Waals surface area contributed by atoms with E-state index in [1.165, 1.54) is 5.56 Å². The Bertz CT molecular complexity index is 389. The Morgan fingerprint density at radius 3 is 2.42 bits per heavy atom. The van der Waals surface area contributed by atoms with Gasteiger partial charge in [-0.05, 0) is 32.4 Å². The van der Waals surface area contributed by atoms with Gasteiger partial charge in [0.15, 0.2) is 0 Å². The summed E-state index contributed by atoms with van der Waals surface area (Å²) in [6.45, 7) is 4.83. The lowest BCUT2D eigenvalue weighted by atomic mass is 10.2. The summed E-state index contributed by atoms with van der Waals surface area (Å²) in [5.74, 6) is 1.10. The third kappa shape index (κ3) is 4.56. The maximum atomic E-state index is 11.0. The van der Waals surface area contributed by atoms with Gasteiger partial charge >= 0.3 is 0 Å². The molecule has 4 nitrogen and oxygen atoms in total. The Morgan fingerprint density at radius 1 is 1.37 bits per heavy atom. The highest BCUT2D eigenvalue weighted by Gasteiger charge is 2.28. The summed E-state index contributed by atoms with van der Waals surface area (Å²) in [5, 5.41) is 8.79. The molecule has 1 aliphatic rings. The van der Waals surface area contributed by atoms with E-state index in [1.54, 1.807) is 12.0 Å². The van der Waals surface area contributed by atoms with Gasteiger partial charge in [0.2, 0.25) is 5.91 Å². The van der Waals surface area contributed by atoms with E-state index < -0.39 is 0 Å². The van der Waals surface area contributed by atoms with Crippen LogP contribution in [0.5, 0.6) is 5.75 Å². The third-order valence-electron chi connectivity index (χ3n) is 3.26. The van der Waals surface area contributed by atoms with E-state index in [1.807, 2.05) is 31.2 Å². The minimum atomic E-state index is 0.0949. The van der Waals surface area contributed by atoms with Crippen LogP contribution in [-0.2, 0) is 4.79 Å². The number of benzene rings is 1. The lowest BCUT2D eigenvalue weighted by molar-refractivity contribution is -0.129. The number of aryl methyl sites for hydroxylation is 1. The molecule has 0 radical (unpaired) electrons. The molecule has 1 fully saturated rings. The molecule has 19 heavy (non-hydrogen) atoms. The first-order valence-corrected chi connectivity index (χ1v) is 6.63. The first-order valence-electron chi connectivity index (χ1n) is 6.63. The van der Waals surface area contributed by atoms with Gasteiger partial charge in [-0.1, -0.05) is 17.7 Å². The lowest BCUT2D eigenvalue weighted by Crippen LogP contribution is -2.34. The van der Waals surface area contributed by atoms with Gasteiger partial charge in [0.05, 0.1) is 19.8 Å². The van der Waals surface area contributed by atoms with Gasteiger partial charge in [0, 0.05) is 13.0 Å². The molecule has 2 rings (SSSR count).